The van der Waals surface area contributed by atoms with Gasteiger partial charge < -0.3 is 18.8 Å². The minimum absolute atomic E-state index is 0.0130. The van der Waals surface area contributed by atoms with E-state index in [0.717, 1.165) is 155 Å². The third-order valence-corrected chi connectivity index (χ3v) is 24.4. The molecule has 0 unspecified atom stereocenters. The molecule has 4 nitrogen and oxygen atoms in total. The molecule has 0 aliphatic carbocycles. The van der Waals surface area contributed by atoms with E-state index in [1.807, 2.05) is 6.07 Å². The third kappa shape index (κ3) is 11.6. The number of para-hydroxylation sites is 4. The lowest BCUT2D eigenvalue weighted by Gasteiger charge is -2.46. The summed E-state index contributed by atoms with van der Waals surface area (Å²) in [5.41, 5.74) is 23.7. The van der Waals surface area contributed by atoms with E-state index in [9.17, 15) is 11.0 Å². The molecule has 3 aromatic heterocycles. The Hall–Kier alpha value is -11.7. The first-order valence-electron chi connectivity index (χ1n) is 44.2. The van der Waals surface area contributed by atoms with E-state index >= 15 is 0 Å². The quantitative estimate of drug-likeness (QED) is 0.154. The zero-order chi connectivity index (χ0) is 85.4. The zero-order valence-corrected chi connectivity index (χ0v) is 68.4. The van der Waals surface area contributed by atoms with Gasteiger partial charge in [-0.3, -0.25) is 0 Å². The topological polar surface area (TPSA) is 15.8 Å². The molecule has 0 radical (unpaired) electrons. The minimum Gasteiger partial charge on any atom is -0.311 e. The normalized spacial score (nSPS) is 14.5. The molecule has 17 aromatic rings. The summed E-state index contributed by atoms with van der Waals surface area (Å²) in [6.45, 7) is 40.7. The lowest BCUT2D eigenvalue weighted by molar-refractivity contribution is 0.589. The molecule has 2 aliphatic rings. The van der Waals surface area contributed by atoms with E-state index in [-0.39, 0.29) is 61.0 Å². The standard InChI is InChI=1S/C108H101BN4/c1-103(2,3)69-36-29-33-66(55-69)85-58-72(106(10,11)12)51-54-94(85)111-97-65-95-88(79-42-22-20-40-77(79)76-39-19-21-41-78(76)83-46-32-47-84-82-45-25-28-50-93(82)112(95)101(83)84)64-90(97)109-89-53-52-75(110-91-48-26-23-43-80(91)81-44-24-27-49-92(81)110)63-96(89)113(99-62-74(108(16,17)18)61-98(111)100(99)109)102-86(67-34-30-37-70(56-67)104(4,5)6)59-73(107(13,14)15)60-87(102)68-35-31-38-71(57-68)105(7,8)9/h19-65H,1-18H3/i23D,24D,26D,27D,43D,44D,48D,49D. The van der Waals surface area contributed by atoms with Crippen molar-refractivity contribution >= 4 is 139 Å². The summed E-state index contributed by atoms with van der Waals surface area (Å²) in [6.07, 6.45) is 0. The maximum Gasteiger partial charge on any atom is 0.252 e. The molecule has 0 amide bonds. The fourth-order valence-electron chi connectivity index (χ4n) is 18.2. The Kier molecular flexibility index (Phi) is 14.2. The number of hydrogen-bond donors (Lipinski definition) is 0. The summed E-state index contributed by atoms with van der Waals surface area (Å²) in [4.78, 5) is 5.17. The van der Waals surface area contributed by atoms with Crippen LogP contribution in [-0.2, 0) is 32.5 Å². The van der Waals surface area contributed by atoms with Crippen molar-refractivity contribution in [1.82, 2.24) is 8.97 Å². The molecule has 0 bridgehead atoms. The summed E-state index contributed by atoms with van der Waals surface area (Å²) in [5, 5.41) is 8.90. The monoisotopic (exact) mass is 1470 g/mol. The Morgan fingerprint density at radius 1 is 0.265 bits per heavy atom. The largest absolute Gasteiger partial charge is 0.311 e. The average Bonchev–Trinajstić information content (AvgIpc) is 1.58. The van der Waals surface area contributed by atoms with Crippen LogP contribution in [0.1, 0.15) is 169 Å². The van der Waals surface area contributed by atoms with Crippen LogP contribution < -0.4 is 26.2 Å². The Morgan fingerprint density at radius 3 is 1.21 bits per heavy atom. The smallest absolute Gasteiger partial charge is 0.252 e. The van der Waals surface area contributed by atoms with Crippen molar-refractivity contribution in [1.29, 1.82) is 0 Å². The van der Waals surface area contributed by atoms with Crippen molar-refractivity contribution in [3.8, 4) is 39.1 Å². The third-order valence-electron chi connectivity index (χ3n) is 24.4. The Morgan fingerprint density at radius 2 is 0.681 bits per heavy atom. The lowest BCUT2D eigenvalue weighted by Crippen LogP contribution is -2.61. The van der Waals surface area contributed by atoms with Gasteiger partial charge >= 0.3 is 0 Å². The van der Waals surface area contributed by atoms with E-state index in [2.05, 4.69) is 369 Å². The maximum absolute atomic E-state index is 10.1. The van der Waals surface area contributed by atoms with Gasteiger partial charge in [-0.25, -0.2) is 0 Å². The number of anilines is 6. The van der Waals surface area contributed by atoms with Gasteiger partial charge in [0.2, 0.25) is 0 Å². The van der Waals surface area contributed by atoms with Gasteiger partial charge in [-0.15, -0.1) is 0 Å². The van der Waals surface area contributed by atoms with Crippen molar-refractivity contribution in [2.75, 3.05) is 9.80 Å². The van der Waals surface area contributed by atoms with Crippen molar-refractivity contribution in [2.24, 2.45) is 0 Å². The summed E-state index contributed by atoms with van der Waals surface area (Å²) in [6, 6.07) is 85.9. The van der Waals surface area contributed by atoms with Gasteiger partial charge in [0.25, 0.3) is 6.71 Å². The highest BCUT2D eigenvalue weighted by Crippen LogP contribution is 2.56. The molecule has 5 heteroatoms. The highest BCUT2D eigenvalue weighted by atomic mass is 15.2. The molecular formula is C108H101BN4. The first-order valence-corrected chi connectivity index (χ1v) is 40.2. The van der Waals surface area contributed by atoms with Gasteiger partial charge in [0.1, 0.15) is 0 Å². The van der Waals surface area contributed by atoms with Gasteiger partial charge in [-0.05, 0) is 193 Å². The van der Waals surface area contributed by atoms with E-state index in [1.165, 1.54) is 22.3 Å². The molecule has 5 heterocycles. The summed E-state index contributed by atoms with van der Waals surface area (Å²) >= 11 is 0. The SMILES string of the molecule is [2H]c1c([2H])c([2H])c2c(c1[2H])c1c([2H])c([2H])c([2H])c([2H])c1n2-c1ccc2c(c1)N(c1c(-c3cccc(C(C)(C)C)c3)cc(C(C)(C)C)cc1-c1cccc(C(C)(C)C)c1)c1cc(C(C)(C)C)cc3c1B2c1cc2c4ccccc4c4ccccc4c4cccc5c6ccccc6n(c2cc1N3c1ccc(C(C)(C)C)cc1-c1cccc(C(C)(C)C)c1)c45. The second kappa shape index (κ2) is 25.4. The van der Waals surface area contributed by atoms with Crippen LogP contribution in [0, 0.1) is 0 Å². The molecular weight excluding hydrogens is 1360 g/mol. The van der Waals surface area contributed by atoms with Gasteiger partial charge in [-0.2, -0.15) is 0 Å². The predicted octanol–water partition coefficient (Wildman–Crippen LogP) is 28.2. The first kappa shape index (κ1) is 62.9. The molecule has 0 saturated carbocycles. The minimum atomic E-state index is -0.569. The number of benzene rings is 14. The van der Waals surface area contributed by atoms with Gasteiger partial charge in [0.05, 0.1) is 49.9 Å². The van der Waals surface area contributed by atoms with Crippen molar-refractivity contribution in [3.63, 3.8) is 0 Å². The van der Waals surface area contributed by atoms with Gasteiger partial charge in [0, 0.05) is 77.4 Å². The van der Waals surface area contributed by atoms with E-state index in [1.54, 1.807) is 4.57 Å². The number of hydrogen-bond acceptors (Lipinski definition) is 2. The van der Waals surface area contributed by atoms with Crippen LogP contribution in [0.15, 0.2) is 285 Å². The van der Waals surface area contributed by atoms with Crippen LogP contribution in [0.25, 0.3) is 121 Å². The summed E-state index contributed by atoms with van der Waals surface area (Å²) in [7, 11) is 0. The number of aromatic nitrogens is 2. The van der Waals surface area contributed by atoms with Crippen LogP contribution in [0.4, 0.5) is 34.1 Å². The predicted molar refractivity (Wildman–Crippen MR) is 491 cm³/mol. The van der Waals surface area contributed by atoms with Crippen LogP contribution >= 0.6 is 0 Å². The molecule has 2 aliphatic heterocycles. The van der Waals surface area contributed by atoms with Crippen molar-refractivity contribution in [2.45, 2.75) is 157 Å². The van der Waals surface area contributed by atoms with Crippen LogP contribution in [-0.4, -0.2) is 15.7 Å². The molecule has 0 N–H and O–H groups in total. The molecule has 14 aromatic carbocycles. The molecule has 556 valence electrons. The van der Waals surface area contributed by atoms with Crippen molar-refractivity contribution in [3.05, 3.63) is 318 Å². The van der Waals surface area contributed by atoms with Gasteiger partial charge in [-0.1, -0.05) is 337 Å². The van der Waals surface area contributed by atoms with Crippen molar-refractivity contribution < 1.29 is 11.0 Å². The molecule has 0 spiro atoms. The molecule has 0 saturated heterocycles. The van der Waals surface area contributed by atoms with Gasteiger partial charge in [0.15, 0.2) is 0 Å². The zero-order valence-electron chi connectivity index (χ0n) is 76.4. The lowest BCUT2D eigenvalue weighted by atomic mass is 9.33. The van der Waals surface area contributed by atoms with E-state index in [4.69, 9.17) is 0 Å². The Labute approximate surface area is 679 Å². The highest BCUT2D eigenvalue weighted by Gasteiger charge is 2.47. The van der Waals surface area contributed by atoms with Crippen LogP contribution in [0.5, 0.6) is 0 Å². The van der Waals surface area contributed by atoms with E-state index in [0.29, 0.717) is 5.69 Å². The second-order valence-electron chi connectivity index (χ2n) is 38.0. The molecule has 19 rings (SSSR count). The van der Waals surface area contributed by atoms with Crippen LogP contribution in [0.2, 0.25) is 0 Å². The van der Waals surface area contributed by atoms with E-state index < -0.39 is 48.4 Å². The summed E-state index contributed by atoms with van der Waals surface area (Å²) < 4.78 is 81.4. The fraction of sp³-hybridized carbons (Fsp3) is 0.222. The molecule has 0 atom stereocenters. The second-order valence-corrected chi connectivity index (χ2v) is 38.0. The summed E-state index contributed by atoms with van der Waals surface area (Å²) in [5.74, 6) is 0. The number of nitrogens with zero attached hydrogens (tertiary/aromatic N) is 4. The number of fused-ring (bicyclic) bond motifs is 17. The maximum atomic E-state index is 10.1. The number of rotatable bonds is 6. The molecule has 0 fully saturated rings. The average molecular weight is 1470 g/mol. The molecule has 113 heavy (non-hydrogen) atoms. The highest BCUT2D eigenvalue weighted by molar-refractivity contribution is 7.00. The first-order chi connectivity index (χ1) is 57.2. The fourth-order valence-corrected chi connectivity index (χ4v) is 18.2. The Bertz CT molecular complexity index is 7250. The Balaban J connectivity index is 1.08. The van der Waals surface area contributed by atoms with Crippen LogP contribution in [0.3, 0.4) is 0 Å².